The average Bonchev–Trinajstić information content (AvgIpc) is 2.63. The van der Waals surface area contributed by atoms with Crippen molar-refractivity contribution in [1.29, 1.82) is 0 Å². The molecular formula is C15H16N4O5S. The summed E-state index contributed by atoms with van der Waals surface area (Å²) in [7, 11) is -3.60. The fourth-order valence-electron chi connectivity index (χ4n) is 2.39. The fourth-order valence-corrected chi connectivity index (χ4v) is 3.74. The van der Waals surface area contributed by atoms with Crippen LogP contribution in [0, 0.1) is 10.1 Å². The van der Waals surface area contributed by atoms with Crippen molar-refractivity contribution in [3.05, 3.63) is 52.7 Å². The van der Waals surface area contributed by atoms with E-state index in [9.17, 15) is 18.5 Å². The Labute approximate surface area is 144 Å². The molecule has 0 amide bonds. The molecule has 0 saturated carbocycles. The van der Waals surface area contributed by atoms with E-state index in [0.29, 0.717) is 37.8 Å². The molecule has 1 aliphatic rings. The van der Waals surface area contributed by atoms with Crippen LogP contribution in [0.4, 0.5) is 17.2 Å². The first kappa shape index (κ1) is 17.3. The van der Waals surface area contributed by atoms with Crippen molar-refractivity contribution in [3.8, 4) is 0 Å². The van der Waals surface area contributed by atoms with Crippen LogP contribution in [0.15, 0.2) is 47.5 Å². The first-order chi connectivity index (χ1) is 12.0. The van der Waals surface area contributed by atoms with Gasteiger partial charge in [-0.15, -0.1) is 0 Å². The summed E-state index contributed by atoms with van der Waals surface area (Å²) in [4.78, 5) is 14.5. The Kier molecular flexibility index (Phi) is 4.93. The molecule has 0 spiro atoms. The minimum Gasteiger partial charge on any atom is -0.379 e. The molecule has 0 unspecified atom stereocenters. The molecule has 2 heterocycles. The lowest BCUT2D eigenvalue weighted by atomic mass is 10.3. The number of morpholine rings is 1. The van der Waals surface area contributed by atoms with Crippen LogP contribution in [0.1, 0.15) is 0 Å². The molecule has 0 aliphatic carbocycles. The minimum atomic E-state index is -3.60. The van der Waals surface area contributed by atoms with Gasteiger partial charge in [-0.25, -0.2) is 13.4 Å². The molecule has 1 aromatic carbocycles. The molecule has 0 radical (unpaired) electrons. The largest absolute Gasteiger partial charge is 0.379 e. The number of nitrogens with zero attached hydrogens (tertiary/aromatic N) is 3. The Bertz CT molecular complexity index is 864. The van der Waals surface area contributed by atoms with Gasteiger partial charge in [-0.05, 0) is 18.2 Å². The molecule has 1 saturated heterocycles. The summed E-state index contributed by atoms with van der Waals surface area (Å²) in [5, 5.41) is 13.7. The van der Waals surface area contributed by atoms with Gasteiger partial charge in [-0.3, -0.25) is 10.1 Å². The van der Waals surface area contributed by atoms with E-state index in [4.69, 9.17) is 4.74 Å². The van der Waals surface area contributed by atoms with Crippen LogP contribution in [0.25, 0.3) is 0 Å². The van der Waals surface area contributed by atoms with Gasteiger partial charge in [-0.2, -0.15) is 4.31 Å². The fraction of sp³-hybridized carbons (Fsp3) is 0.267. The smallest absolute Gasteiger partial charge is 0.271 e. The van der Waals surface area contributed by atoms with Crippen LogP contribution >= 0.6 is 0 Å². The molecule has 1 aromatic heterocycles. The number of anilines is 2. The van der Waals surface area contributed by atoms with Crippen molar-refractivity contribution >= 4 is 27.2 Å². The van der Waals surface area contributed by atoms with Crippen molar-refractivity contribution in [1.82, 2.24) is 9.29 Å². The Hall–Kier alpha value is -2.56. The molecule has 0 bridgehead atoms. The van der Waals surface area contributed by atoms with Gasteiger partial charge in [0.2, 0.25) is 10.0 Å². The molecule has 1 fully saturated rings. The Morgan fingerprint density at radius 3 is 2.60 bits per heavy atom. The summed E-state index contributed by atoms with van der Waals surface area (Å²) in [5.74, 6) is 0.390. The van der Waals surface area contributed by atoms with Crippen molar-refractivity contribution in [2.45, 2.75) is 4.90 Å². The number of nitro benzene ring substituents is 1. The van der Waals surface area contributed by atoms with E-state index in [-0.39, 0.29) is 10.6 Å². The number of benzene rings is 1. The molecule has 1 N–H and O–H groups in total. The van der Waals surface area contributed by atoms with Gasteiger partial charge in [0.15, 0.2) is 0 Å². The third-order valence-electron chi connectivity index (χ3n) is 3.67. The monoisotopic (exact) mass is 364 g/mol. The van der Waals surface area contributed by atoms with E-state index >= 15 is 0 Å². The quantitative estimate of drug-likeness (QED) is 0.635. The van der Waals surface area contributed by atoms with E-state index in [0.717, 1.165) is 0 Å². The summed E-state index contributed by atoms with van der Waals surface area (Å²) in [6, 6.07) is 8.95. The highest BCUT2D eigenvalue weighted by Crippen LogP contribution is 2.22. The summed E-state index contributed by atoms with van der Waals surface area (Å²) in [6.45, 7) is 1.38. The molecule has 0 atom stereocenters. The third-order valence-corrected chi connectivity index (χ3v) is 5.56. The molecular weight excluding hydrogens is 348 g/mol. The second kappa shape index (κ2) is 7.13. The Morgan fingerprint density at radius 1 is 1.20 bits per heavy atom. The molecule has 25 heavy (non-hydrogen) atoms. The van der Waals surface area contributed by atoms with Gasteiger partial charge < -0.3 is 10.1 Å². The highest BCUT2D eigenvalue weighted by Gasteiger charge is 2.26. The number of nitrogens with one attached hydrogen (secondary N) is 1. The van der Waals surface area contributed by atoms with Gasteiger partial charge in [0.05, 0.1) is 18.1 Å². The second-order valence-corrected chi connectivity index (χ2v) is 7.27. The molecule has 10 heteroatoms. The number of sulfonamides is 1. The Balaban J connectivity index is 1.76. The molecule has 2 aromatic rings. The van der Waals surface area contributed by atoms with Crippen LogP contribution in [0.5, 0.6) is 0 Å². The molecule has 1 aliphatic heterocycles. The van der Waals surface area contributed by atoms with Crippen LogP contribution in [-0.2, 0) is 14.8 Å². The highest BCUT2D eigenvalue weighted by atomic mass is 32.2. The van der Waals surface area contributed by atoms with Crippen molar-refractivity contribution in [3.63, 3.8) is 0 Å². The standard InChI is InChI=1S/C15H16N4O5S/c20-19(21)13-3-1-2-12(10-13)17-15-5-4-14(11-16-15)25(22,23)18-6-8-24-9-7-18/h1-5,10-11H,6-9H2,(H,16,17). The molecule has 132 valence electrons. The van der Waals surface area contributed by atoms with Crippen molar-refractivity contribution in [2.24, 2.45) is 0 Å². The van der Waals surface area contributed by atoms with Gasteiger partial charge in [0.25, 0.3) is 5.69 Å². The first-order valence-corrected chi connectivity index (χ1v) is 8.96. The lowest BCUT2D eigenvalue weighted by molar-refractivity contribution is -0.384. The number of hydrogen-bond acceptors (Lipinski definition) is 7. The van der Waals surface area contributed by atoms with Crippen molar-refractivity contribution < 1.29 is 18.1 Å². The summed E-state index contributed by atoms with van der Waals surface area (Å²) in [5.41, 5.74) is 0.446. The van der Waals surface area contributed by atoms with Crippen LogP contribution in [0.2, 0.25) is 0 Å². The summed E-state index contributed by atoms with van der Waals surface area (Å²) < 4.78 is 31.5. The predicted molar refractivity (Wildman–Crippen MR) is 90.2 cm³/mol. The van der Waals surface area contributed by atoms with Gasteiger partial charge in [0.1, 0.15) is 10.7 Å². The maximum absolute atomic E-state index is 12.5. The number of pyridine rings is 1. The van der Waals surface area contributed by atoms with E-state index in [1.165, 1.54) is 34.8 Å². The van der Waals surface area contributed by atoms with Gasteiger partial charge >= 0.3 is 0 Å². The van der Waals surface area contributed by atoms with E-state index in [1.54, 1.807) is 12.1 Å². The van der Waals surface area contributed by atoms with Gasteiger partial charge in [-0.1, -0.05) is 6.07 Å². The highest BCUT2D eigenvalue weighted by molar-refractivity contribution is 7.89. The SMILES string of the molecule is O=[N+]([O-])c1cccc(Nc2ccc(S(=O)(=O)N3CCOCC3)cn2)c1. The number of rotatable bonds is 5. The summed E-state index contributed by atoms with van der Waals surface area (Å²) >= 11 is 0. The summed E-state index contributed by atoms with van der Waals surface area (Å²) in [6.07, 6.45) is 1.27. The maximum atomic E-state index is 12.5. The topological polar surface area (TPSA) is 115 Å². The normalized spacial score (nSPS) is 15.7. The molecule has 9 nitrogen and oxygen atoms in total. The number of ether oxygens (including phenoxy) is 1. The zero-order valence-electron chi connectivity index (χ0n) is 13.2. The van der Waals surface area contributed by atoms with Crippen molar-refractivity contribution in [2.75, 3.05) is 31.6 Å². The van der Waals surface area contributed by atoms with E-state index in [2.05, 4.69) is 10.3 Å². The van der Waals surface area contributed by atoms with E-state index < -0.39 is 14.9 Å². The zero-order valence-corrected chi connectivity index (χ0v) is 14.0. The predicted octanol–water partition coefficient (Wildman–Crippen LogP) is 1.75. The third kappa shape index (κ3) is 3.92. The van der Waals surface area contributed by atoms with Gasteiger partial charge in [0, 0.05) is 37.1 Å². The lowest BCUT2D eigenvalue weighted by Gasteiger charge is -2.25. The second-order valence-electron chi connectivity index (χ2n) is 5.33. The van der Waals surface area contributed by atoms with Crippen LogP contribution in [0.3, 0.4) is 0 Å². The number of aromatic nitrogens is 1. The number of non-ortho nitro benzene ring substituents is 1. The number of hydrogen-bond donors (Lipinski definition) is 1. The van der Waals surface area contributed by atoms with Crippen LogP contribution < -0.4 is 5.32 Å². The minimum absolute atomic E-state index is 0.0449. The average molecular weight is 364 g/mol. The Morgan fingerprint density at radius 2 is 1.96 bits per heavy atom. The lowest BCUT2D eigenvalue weighted by Crippen LogP contribution is -2.40. The maximum Gasteiger partial charge on any atom is 0.271 e. The number of nitro groups is 1. The first-order valence-electron chi connectivity index (χ1n) is 7.52. The van der Waals surface area contributed by atoms with E-state index in [1.807, 2.05) is 0 Å². The van der Waals surface area contributed by atoms with Crippen LogP contribution in [-0.4, -0.2) is 48.9 Å². The molecule has 3 rings (SSSR count). The zero-order chi connectivity index (χ0) is 17.9.